The predicted octanol–water partition coefficient (Wildman–Crippen LogP) is 1.28. The van der Waals surface area contributed by atoms with Gasteiger partial charge in [0.15, 0.2) is 0 Å². The van der Waals surface area contributed by atoms with Crippen molar-refractivity contribution in [2.45, 2.75) is 25.4 Å². The van der Waals surface area contributed by atoms with Gasteiger partial charge in [-0.25, -0.2) is 4.98 Å². The third kappa shape index (κ3) is 2.50. The average molecular weight is 309 g/mol. The van der Waals surface area contributed by atoms with Crippen LogP contribution in [0.5, 0.6) is 0 Å². The zero-order chi connectivity index (χ0) is 15.2. The molecule has 1 saturated heterocycles. The summed E-state index contributed by atoms with van der Waals surface area (Å²) in [6.45, 7) is 3.56. The molecule has 3 N–H and O–H groups in total. The number of hydrogen-bond acceptors (Lipinski definition) is 4. The molecule has 1 aliphatic rings. The molecule has 0 aliphatic carbocycles. The lowest BCUT2D eigenvalue weighted by molar-refractivity contribution is -0.142. The van der Waals surface area contributed by atoms with Crippen molar-refractivity contribution in [1.82, 2.24) is 14.3 Å². The van der Waals surface area contributed by atoms with Crippen molar-refractivity contribution in [1.29, 1.82) is 0 Å². The Morgan fingerprint density at radius 1 is 1.57 bits per heavy atom. The Balaban J connectivity index is 1.88. The lowest BCUT2D eigenvalue weighted by atomic mass is 10.0. The van der Waals surface area contributed by atoms with E-state index in [0.29, 0.717) is 31.1 Å². The van der Waals surface area contributed by atoms with E-state index in [1.807, 2.05) is 28.5 Å². The highest BCUT2D eigenvalue weighted by molar-refractivity contribution is 6.30. The minimum absolute atomic E-state index is 0.343. The first kappa shape index (κ1) is 14.3. The standard InChI is InChI=1S/C14H17ClN4O2/c1-9-11(19-6-10(15)2-3-12(19)17-9)7-18-5-4-14(16,8-18)13(20)21/h2-3,6H,4-5,7-8,16H2,1H3,(H,20,21)/t14-/m0/s1. The van der Waals surface area contributed by atoms with Crippen molar-refractivity contribution in [2.24, 2.45) is 5.73 Å². The quantitative estimate of drug-likeness (QED) is 0.892. The van der Waals surface area contributed by atoms with Gasteiger partial charge in [-0.1, -0.05) is 11.6 Å². The number of carbonyl (C=O) groups is 1. The number of aliphatic carboxylic acids is 1. The fourth-order valence-electron chi connectivity index (χ4n) is 2.81. The van der Waals surface area contributed by atoms with E-state index in [2.05, 4.69) is 4.98 Å². The van der Waals surface area contributed by atoms with Crippen LogP contribution in [0.2, 0.25) is 5.02 Å². The highest BCUT2D eigenvalue weighted by atomic mass is 35.5. The maximum Gasteiger partial charge on any atom is 0.325 e. The third-order valence-electron chi connectivity index (χ3n) is 4.06. The van der Waals surface area contributed by atoms with Gasteiger partial charge in [-0.05, 0) is 25.5 Å². The number of nitrogens with two attached hydrogens (primary N) is 1. The molecule has 112 valence electrons. The number of aryl methyl sites for hydroxylation is 1. The van der Waals surface area contributed by atoms with Crippen molar-refractivity contribution in [3.05, 3.63) is 34.7 Å². The van der Waals surface area contributed by atoms with E-state index in [4.69, 9.17) is 17.3 Å². The van der Waals surface area contributed by atoms with Crippen LogP contribution < -0.4 is 5.73 Å². The van der Waals surface area contributed by atoms with Gasteiger partial charge in [0.05, 0.1) is 16.4 Å². The number of fused-ring (bicyclic) bond motifs is 1. The summed E-state index contributed by atoms with van der Waals surface area (Å²) in [5.41, 5.74) is 7.54. The van der Waals surface area contributed by atoms with Gasteiger partial charge in [0.25, 0.3) is 0 Å². The van der Waals surface area contributed by atoms with E-state index < -0.39 is 11.5 Å². The van der Waals surface area contributed by atoms with Crippen molar-refractivity contribution < 1.29 is 9.90 Å². The number of imidazole rings is 1. The molecule has 0 unspecified atom stereocenters. The van der Waals surface area contributed by atoms with Crippen molar-refractivity contribution in [3.8, 4) is 0 Å². The van der Waals surface area contributed by atoms with Gasteiger partial charge in [-0.2, -0.15) is 0 Å². The number of hydrogen-bond donors (Lipinski definition) is 2. The van der Waals surface area contributed by atoms with Crippen LogP contribution in [-0.4, -0.2) is 44.0 Å². The largest absolute Gasteiger partial charge is 0.480 e. The van der Waals surface area contributed by atoms with E-state index >= 15 is 0 Å². The maximum atomic E-state index is 11.2. The molecule has 0 spiro atoms. The Labute approximate surface area is 127 Å². The minimum atomic E-state index is -1.15. The molecule has 0 radical (unpaired) electrons. The molecule has 2 aromatic heterocycles. The summed E-state index contributed by atoms with van der Waals surface area (Å²) in [6.07, 6.45) is 2.29. The summed E-state index contributed by atoms with van der Waals surface area (Å²) in [4.78, 5) is 17.8. The third-order valence-corrected chi connectivity index (χ3v) is 4.28. The van der Waals surface area contributed by atoms with E-state index in [0.717, 1.165) is 17.0 Å². The van der Waals surface area contributed by atoms with E-state index in [9.17, 15) is 9.90 Å². The summed E-state index contributed by atoms with van der Waals surface area (Å²) in [5, 5.41) is 9.83. The lowest BCUT2D eigenvalue weighted by Crippen LogP contribution is -2.50. The molecule has 0 bridgehead atoms. The molecule has 6 nitrogen and oxygen atoms in total. The normalized spacial score (nSPS) is 23.0. The lowest BCUT2D eigenvalue weighted by Gasteiger charge is -2.20. The topological polar surface area (TPSA) is 83.9 Å². The Kier molecular flexibility index (Phi) is 3.39. The van der Waals surface area contributed by atoms with Gasteiger partial charge in [-0.3, -0.25) is 9.69 Å². The smallest absolute Gasteiger partial charge is 0.325 e. The Bertz CT molecular complexity index is 714. The molecular weight excluding hydrogens is 292 g/mol. The minimum Gasteiger partial charge on any atom is -0.480 e. The van der Waals surface area contributed by atoms with Gasteiger partial charge in [0.2, 0.25) is 0 Å². The second kappa shape index (κ2) is 4.98. The van der Waals surface area contributed by atoms with Crippen molar-refractivity contribution in [3.63, 3.8) is 0 Å². The highest BCUT2D eigenvalue weighted by Crippen LogP contribution is 2.23. The summed E-state index contributed by atoms with van der Waals surface area (Å²) >= 11 is 6.04. The highest BCUT2D eigenvalue weighted by Gasteiger charge is 2.41. The van der Waals surface area contributed by atoms with Gasteiger partial charge in [-0.15, -0.1) is 0 Å². The molecule has 21 heavy (non-hydrogen) atoms. The van der Waals surface area contributed by atoms with Gasteiger partial charge in [0.1, 0.15) is 11.2 Å². The van der Waals surface area contributed by atoms with Crippen LogP contribution >= 0.6 is 11.6 Å². The van der Waals surface area contributed by atoms with Gasteiger partial charge in [0, 0.05) is 25.8 Å². The number of halogens is 1. The number of likely N-dealkylation sites (tertiary alicyclic amines) is 1. The molecular formula is C14H17ClN4O2. The first-order valence-electron chi connectivity index (χ1n) is 6.77. The van der Waals surface area contributed by atoms with Gasteiger partial charge >= 0.3 is 5.97 Å². The summed E-state index contributed by atoms with van der Waals surface area (Å²) in [7, 11) is 0. The average Bonchev–Trinajstić information content (AvgIpc) is 2.94. The van der Waals surface area contributed by atoms with Gasteiger partial charge < -0.3 is 15.2 Å². The summed E-state index contributed by atoms with van der Waals surface area (Å²) in [5.74, 6) is -0.942. The van der Waals surface area contributed by atoms with Crippen molar-refractivity contribution >= 4 is 23.2 Å². The number of nitrogens with zero attached hydrogens (tertiary/aromatic N) is 3. The molecule has 0 amide bonds. The molecule has 0 saturated carbocycles. The Hall–Kier alpha value is -1.63. The molecule has 1 fully saturated rings. The molecule has 3 heterocycles. The molecule has 0 aromatic carbocycles. The van der Waals surface area contributed by atoms with Crippen LogP contribution in [0, 0.1) is 6.92 Å². The molecule has 2 aromatic rings. The predicted molar refractivity (Wildman–Crippen MR) is 79.4 cm³/mol. The zero-order valence-corrected chi connectivity index (χ0v) is 12.5. The Morgan fingerprint density at radius 2 is 2.33 bits per heavy atom. The number of aromatic nitrogens is 2. The van der Waals surface area contributed by atoms with Crippen molar-refractivity contribution in [2.75, 3.05) is 13.1 Å². The summed E-state index contributed by atoms with van der Waals surface area (Å²) < 4.78 is 1.95. The molecule has 1 atom stereocenters. The Morgan fingerprint density at radius 3 is 3.00 bits per heavy atom. The second-order valence-electron chi connectivity index (χ2n) is 5.64. The number of carboxylic acids is 1. The second-order valence-corrected chi connectivity index (χ2v) is 6.08. The fourth-order valence-corrected chi connectivity index (χ4v) is 2.97. The van der Waals surface area contributed by atoms with Crippen LogP contribution in [0.4, 0.5) is 0 Å². The van der Waals surface area contributed by atoms with Crippen LogP contribution in [0.3, 0.4) is 0 Å². The first-order chi connectivity index (χ1) is 9.89. The zero-order valence-electron chi connectivity index (χ0n) is 11.7. The maximum absolute atomic E-state index is 11.2. The van der Waals surface area contributed by atoms with Crippen LogP contribution in [0.1, 0.15) is 17.8 Å². The SMILES string of the molecule is Cc1nc2ccc(Cl)cn2c1CN1CC[C@@](N)(C(=O)O)C1. The molecule has 7 heteroatoms. The monoisotopic (exact) mass is 308 g/mol. The van der Waals surface area contributed by atoms with Crippen LogP contribution in [0.25, 0.3) is 5.65 Å². The number of rotatable bonds is 3. The summed E-state index contributed by atoms with van der Waals surface area (Å²) in [6, 6.07) is 3.67. The van der Waals surface area contributed by atoms with E-state index in [1.165, 1.54) is 0 Å². The first-order valence-corrected chi connectivity index (χ1v) is 7.14. The van der Waals surface area contributed by atoms with Crippen LogP contribution in [0.15, 0.2) is 18.3 Å². The number of carboxylic acid groups (broad SMARTS) is 1. The van der Waals surface area contributed by atoms with E-state index in [1.54, 1.807) is 6.07 Å². The fraction of sp³-hybridized carbons (Fsp3) is 0.429. The molecule has 3 rings (SSSR count). The number of pyridine rings is 1. The van der Waals surface area contributed by atoms with Crippen LogP contribution in [-0.2, 0) is 11.3 Å². The van der Waals surface area contributed by atoms with E-state index in [-0.39, 0.29) is 0 Å². The molecule has 1 aliphatic heterocycles.